The van der Waals surface area contributed by atoms with Gasteiger partial charge in [0.1, 0.15) is 11.6 Å². The molecule has 1 N–H and O–H groups in total. The Morgan fingerprint density at radius 1 is 1.22 bits per heavy atom. The molecule has 0 radical (unpaired) electrons. The summed E-state index contributed by atoms with van der Waals surface area (Å²) in [6, 6.07) is 12.9. The van der Waals surface area contributed by atoms with E-state index in [1.807, 2.05) is 0 Å². The van der Waals surface area contributed by atoms with Crippen LogP contribution in [-0.2, 0) is 4.79 Å². The molecule has 1 aliphatic rings. The van der Waals surface area contributed by atoms with Gasteiger partial charge in [0.15, 0.2) is 16.7 Å². The van der Waals surface area contributed by atoms with Crippen LogP contribution in [0.1, 0.15) is 22.2 Å². The first-order valence-electron chi connectivity index (χ1n) is 9.53. The molecule has 4 aromatic rings. The van der Waals surface area contributed by atoms with Crippen molar-refractivity contribution in [2.75, 3.05) is 12.0 Å². The third-order valence-electron chi connectivity index (χ3n) is 5.17. The number of aliphatic hydroxyl groups excluding tert-OH is 1. The molecule has 9 heteroatoms. The topological polar surface area (TPSA) is 92.9 Å². The van der Waals surface area contributed by atoms with Crippen LogP contribution < -0.4 is 9.64 Å². The minimum Gasteiger partial charge on any atom is -0.503 e. The molecule has 2 aromatic carbocycles. The molecule has 0 saturated heterocycles. The van der Waals surface area contributed by atoms with Crippen LogP contribution in [0.2, 0.25) is 0 Å². The highest BCUT2D eigenvalue weighted by Crippen LogP contribution is 2.44. The molecule has 160 valence electrons. The van der Waals surface area contributed by atoms with Gasteiger partial charge in [0.25, 0.3) is 5.91 Å². The normalized spacial score (nSPS) is 16.2. The zero-order chi connectivity index (χ0) is 22.4. The van der Waals surface area contributed by atoms with Gasteiger partial charge in [0.2, 0.25) is 5.78 Å². The van der Waals surface area contributed by atoms with Crippen molar-refractivity contribution >= 4 is 38.4 Å². The van der Waals surface area contributed by atoms with Crippen molar-refractivity contribution in [2.45, 2.75) is 6.04 Å². The molecule has 7 nitrogen and oxygen atoms in total. The number of ketones is 1. The number of aromatic nitrogens is 1. The number of halogens is 1. The Labute approximate surface area is 185 Å². The van der Waals surface area contributed by atoms with Gasteiger partial charge in [0, 0.05) is 0 Å². The van der Waals surface area contributed by atoms with Gasteiger partial charge >= 0.3 is 0 Å². The molecule has 0 fully saturated rings. The third kappa shape index (κ3) is 3.14. The predicted molar refractivity (Wildman–Crippen MR) is 115 cm³/mol. The lowest BCUT2D eigenvalue weighted by Gasteiger charge is -2.24. The number of rotatable bonds is 5. The number of benzene rings is 2. The molecule has 1 atom stereocenters. The van der Waals surface area contributed by atoms with Crippen LogP contribution in [0.25, 0.3) is 10.2 Å². The average Bonchev–Trinajstić information content (AvgIpc) is 3.52. The Balaban J connectivity index is 1.67. The van der Waals surface area contributed by atoms with E-state index in [4.69, 9.17) is 9.15 Å². The highest BCUT2D eigenvalue weighted by atomic mass is 32.1. The summed E-state index contributed by atoms with van der Waals surface area (Å²) in [5.41, 5.74) is 0.932. The number of furan rings is 1. The molecule has 3 heterocycles. The second-order valence-electron chi connectivity index (χ2n) is 7.03. The monoisotopic (exact) mass is 450 g/mol. The number of fused-ring (bicyclic) bond motifs is 1. The number of carbonyl (C=O) groups is 2. The molecule has 1 unspecified atom stereocenters. The standard InChI is InChI=1S/C23H15FN2O5S/c1-30-14-7-4-12(5-8-14)19-18(20(27)16-3-2-10-31-16)21(28)22(29)26(19)23-25-15-9-6-13(24)11-17(15)32-23/h2-11,19,28H,1H3. The van der Waals surface area contributed by atoms with E-state index in [9.17, 15) is 19.1 Å². The van der Waals surface area contributed by atoms with Gasteiger partial charge in [-0.3, -0.25) is 14.5 Å². The van der Waals surface area contributed by atoms with Crippen molar-refractivity contribution < 1.29 is 28.2 Å². The van der Waals surface area contributed by atoms with E-state index in [1.54, 1.807) is 30.3 Å². The highest BCUT2D eigenvalue weighted by Gasteiger charge is 2.46. The maximum Gasteiger partial charge on any atom is 0.296 e. The number of thiazole rings is 1. The van der Waals surface area contributed by atoms with Crippen LogP contribution in [-0.4, -0.2) is 28.9 Å². The summed E-state index contributed by atoms with van der Waals surface area (Å²) in [5.74, 6) is -1.92. The quantitative estimate of drug-likeness (QED) is 0.438. The van der Waals surface area contributed by atoms with E-state index in [0.29, 0.717) is 21.5 Å². The lowest BCUT2D eigenvalue weighted by Crippen LogP contribution is -2.30. The number of amides is 1. The average molecular weight is 450 g/mol. The van der Waals surface area contributed by atoms with Crippen molar-refractivity contribution in [3.63, 3.8) is 0 Å². The number of nitrogens with zero attached hydrogens (tertiary/aromatic N) is 2. The predicted octanol–water partition coefficient (Wildman–Crippen LogP) is 4.82. The summed E-state index contributed by atoms with van der Waals surface area (Å²) in [5, 5.41) is 11.0. The molecule has 1 amide bonds. The van der Waals surface area contributed by atoms with E-state index >= 15 is 0 Å². The fourth-order valence-electron chi connectivity index (χ4n) is 3.67. The summed E-state index contributed by atoms with van der Waals surface area (Å²) in [7, 11) is 1.53. The lowest BCUT2D eigenvalue weighted by atomic mass is 9.95. The van der Waals surface area contributed by atoms with Gasteiger partial charge in [-0.05, 0) is 48.0 Å². The van der Waals surface area contributed by atoms with E-state index in [1.165, 1.54) is 42.5 Å². The minimum absolute atomic E-state index is 0.00826. The number of hydrogen-bond acceptors (Lipinski definition) is 7. The first kappa shape index (κ1) is 20.0. The smallest absolute Gasteiger partial charge is 0.296 e. The SMILES string of the molecule is COc1ccc(C2C(C(=O)c3ccco3)=C(O)C(=O)N2c2nc3ccc(F)cc3s2)cc1. The van der Waals surface area contributed by atoms with Gasteiger partial charge < -0.3 is 14.3 Å². The number of carbonyl (C=O) groups excluding carboxylic acids is 2. The first-order chi connectivity index (χ1) is 15.5. The van der Waals surface area contributed by atoms with E-state index < -0.39 is 29.3 Å². The summed E-state index contributed by atoms with van der Waals surface area (Å²) < 4.78 is 24.6. The van der Waals surface area contributed by atoms with Gasteiger partial charge in [-0.25, -0.2) is 9.37 Å². The molecular formula is C23H15FN2O5S. The molecule has 2 aromatic heterocycles. The van der Waals surface area contributed by atoms with Gasteiger partial charge in [-0.15, -0.1) is 0 Å². The Morgan fingerprint density at radius 2 is 2.00 bits per heavy atom. The maximum absolute atomic E-state index is 13.7. The van der Waals surface area contributed by atoms with Crippen LogP contribution in [0.3, 0.4) is 0 Å². The summed E-state index contributed by atoms with van der Waals surface area (Å²) in [6.45, 7) is 0. The molecule has 0 spiro atoms. The summed E-state index contributed by atoms with van der Waals surface area (Å²) >= 11 is 1.09. The van der Waals surface area contributed by atoms with E-state index in [0.717, 1.165) is 11.3 Å². The van der Waals surface area contributed by atoms with Gasteiger partial charge in [-0.1, -0.05) is 23.5 Å². The third-order valence-corrected chi connectivity index (χ3v) is 6.19. The molecule has 32 heavy (non-hydrogen) atoms. The largest absolute Gasteiger partial charge is 0.503 e. The first-order valence-corrected chi connectivity index (χ1v) is 10.3. The number of aliphatic hydroxyl groups is 1. The number of anilines is 1. The number of Topliss-reactive ketones (excluding diaryl/α,β-unsaturated/α-hetero) is 1. The second-order valence-corrected chi connectivity index (χ2v) is 8.04. The van der Waals surface area contributed by atoms with Crippen LogP contribution in [0.15, 0.2) is 76.6 Å². The fourth-order valence-corrected chi connectivity index (χ4v) is 4.68. The molecular weight excluding hydrogens is 435 g/mol. The molecule has 5 rings (SSSR count). The maximum atomic E-state index is 13.7. The highest BCUT2D eigenvalue weighted by molar-refractivity contribution is 7.22. The second kappa shape index (κ2) is 7.61. The van der Waals surface area contributed by atoms with Crippen LogP contribution in [0.5, 0.6) is 5.75 Å². The molecule has 1 aliphatic heterocycles. The lowest BCUT2D eigenvalue weighted by molar-refractivity contribution is -0.117. The van der Waals surface area contributed by atoms with Crippen LogP contribution >= 0.6 is 11.3 Å². The molecule has 0 bridgehead atoms. The van der Waals surface area contributed by atoms with Crippen LogP contribution in [0.4, 0.5) is 9.52 Å². The van der Waals surface area contributed by atoms with Crippen LogP contribution in [0, 0.1) is 5.82 Å². The van der Waals surface area contributed by atoms with Gasteiger partial charge in [-0.2, -0.15) is 0 Å². The Kier molecular flexibility index (Phi) is 4.75. The fraction of sp³-hybridized carbons (Fsp3) is 0.0870. The molecule has 0 aliphatic carbocycles. The van der Waals surface area contributed by atoms with Crippen molar-refractivity contribution in [3.8, 4) is 5.75 Å². The Bertz CT molecular complexity index is 1380. The number of methoxy groups -OCH3 is 1. The van der Waals surface area contributed by atoms with Crippen molar-refractivity contribution in [1.29, 1.82) is 0 Å². The van der Waals surface area contributed by atoms with Crippen molar-refractivity contribution in [1.82, 2.24) is 4.98 Å². The Hall–Kier alpha value is -3.98. The van der Waals surface area contributed by atoms with E-state index in [2.05, 4.69) is 4.98 Å². The Morgan fingerprint density at radius 3 is 2.69 bits per heavy atom. The summed E-state index contributed by atoms with van der Waals surface area (Å²) in [4.78, 5) is 32.0. The number of ether oxygens (including phenoxy) is 1. The van der Waals surface area contributed by atoms with Crippen molar-refractivity contribution in [2.24, 2.45) is 0 Å². The molecule has 0 saturated carbocycles. The zero-order valence-electron chi connectivity index (χ0n) is 16.6. The van der Waals surface area contributed by atoms with E-state index in [-0.39, 0.29) is 16.5 Å². The minimum atomic E-state index is -0.962. The number of hydrogen-bond donors (Lipinski definition) is 1. The summed E-state index contributed by atoms with van der Waals surface area (Å²) in [6.07, 6.45) is 1.34. The van der Waals surface area contributed by atoms with Gasteiger partial charge in [0.05, 0.1) is 35.2 Å². The van der Waals surface area contributed by atoms with Crippen molar-refractivity contribution in [3.05, 3.63) is 89.3 Å². The zero-order valence-corrected chi connectivity index (χ0v) is 17.4.